The molecular formula is C9H13N5O5. The van der Waals surface area contributed by atoms with Crippen LogP contribution in [0.15, 0.2) is 9.78 Å². The molecule has 0 radical (unpaired) electrons. The average molecular weight is 271 g/mol. The van der Waals surface area contributed by atoms with Crippen LogP contribution in [0.5, 0.6) is 5.88 Å². The first kappa shape index (κ1) is 13.1. The van der Waals surface area contributed by atoms with Gasteiger partial charge in [-0.25, -0.2) is 4.63 Å². The van der Waals surface area contributed by atoms with E-state index in [9.17, 15) is 4.79 Å². The molecule has 10 heteroatoms. The van der Waals surface area contributed by atoms with Crippen molar-refractivity contribution in [3.05, 3.63) is 5.69 Å². The summed E-state index contributed by atoms with van der Waals surface area (Å²) in [6.07, 6.45) is 0.948. The van der Waals surface area contributed by atoms with Crippen LogP contribution in [0.2, 0.25) is 0 Å². The molecule has 10 nitrogen and oxygen atoms in total. The molecule has 1 amide bonds. The summed E-state index contributed by atoms with van der Waals surface area (Å²) in [5.74, 6) is -0.656. The molecule has 0 aliphatic heterocycles. The Labute approximate surface area is 107 Å². The van der Waals surface area contributed by atoms with E-state index in [4.69, 9.17) is 20.8 Å². The maximum Gasteiger partial charge on any atom is 0.287 e. The molecule has 0 aromatic carbocycles. The Morgan fingerprint density at radius 3 is 2.95 bits per heavy atom. The maximum atomic E-state index is 10.9. The Bertz CT molecular complexity index is 481. The molecule has 0 spiro atoms. The summed E-state index contributed by atoms with van der Waals surface area (Å²) in [7, 11) is 0. The zero-order valence-corrected chi connectivity index (χ0v) is 9.81. The topological polar surface area (TPSA) is 156 Å². The molecule has 1 aromatic rings. The van der Waals surface area contributed by atoms with E-state index in [1.807, 2.05) is 0 Å². The third-order valence-corrected chi connectivity index (χ3v) is 2.69. The summed E-state index contributed by atoms with van der Waals surface area (Å²) in [6, 6.07) is -0.0446. The van der Waals surface area contributed by atoms with Gasteiger partial charge in [0, 0.05) is 18.9 Å². The summed E-state index contributed by atoms with van der Waals surface area (Å²) in [5, 5.41) is 29.4. The average Bonchev–Trinajstić information content (AvgIpc) is 2.83. The lowest BCUT2D eigenvalue weighted by Gasteiger charge is -2.34. The molecule has 104 valence electrons. The highest BCUT2D eigenvalue weighted by Gasteiger charge is 2.33. The molecule has 1 fully saturated rings. The van der Waals surface area contributed by atoms with Gasteiger partial charge in [-0.2, -0.15) is 0 Å². The molecule has 5 N–H and O–H groups in total. The molecule has 0 bridgehead atoms. The minimum atomic E-state index is -0.539. The van der Waals surface area contributed by atoms with Gasteiger partial charge in [-0.15, -0.1) is 0 Å². The number of nitrogens with zero attached hydrogens (tertiary/aromatic N) is 3. The zero-order valence-electron chi connectivity index (χ0n) is 9.81. The third-order valence-electron chi connectivity index (χ3n) is 2.69. The van der Waals surface area contributed by atoms with E-state index in [1.54, 1.807) is 0 Å². The van der Waals surface area contributed by atoms with Crippen LogP contribution in [0, 0.1) is 0 Å². The lowest BCUT2D eigenvalue weighted by atomic mass is 9.89. The predicted octanol–water partition coefficient (Wildman–Crippen LogP) is -1.82. The van der Waals surface area contributed by atoms with Crippen LogP contribution < -0.4 is 15.8 Å². The number of nitrogens with two attached hydrogens (primary N) is 1. The number of aromatic nitrogens is 2. The summed E-state index contributed by atoms with van der Waals surface area (Å²) in [4.78, 5) is 10.9. The Morgan fingerprint density at radius 1 is 1.58 bits per heavy atom. The van der Waals surface area contributed by atoms with Crippen molar-refractivity contribution in [1.82, 2.24) is 15.6 Å². The lowest BCUT2D eigenvalue weighted by molar-refractivity contribution is -0.125. The first-order valence-electron chi connectivity index (χ1n) is 5.51. The van der Waals surface area contributed by atoms with Crippen molar-refractivity contribution in [2.45, 2.75) is 25.0 Å². The molecule has 1 aliphatic carbocycles. The van der Waals surface area contributed by atoms with Crippen molar-refractivity contribution in [2.75, 3.05) is 6.61 Å². The molecule has 1 saturated carbocycles. The molecule has 2 rings (SSSR count). The van der Waals surface area contributed by atoms with Gasteiger partial charge in [-0.05, 0) is 10.3 Å². The number of carbonyl (C=O) groups is 1. The Hall–Kier alpha value is -2.36. The molecule has 1 aliphatic rings. The normalized spacial score (nSPS) is 22.7. The number of amides is 1. The van der Waals surface area contributed by atoms with Gasteiger partial charge in [-0.3, -0.25) is 4.79 Å². The second-order valence-electron chi connectivity index (χ2n) is 4.04. The molecule has 0 atom stereocenters. The number of amidine groups is 1. The van der Waals surface area contributed by atoms with Crippen LogP contribution in [0.1, 0.15) is 18.5 Å². The van der Waals surface area contributed by atoms with E-state index in [0.29, 0.717) is 12.8 Å². The van der Waals surface area contributed by atoms with Crippen molar-refractivity contribution < 1.29 is 24.5 Å². The van der Waals surface area contributed by atoms with Gasteiger partial charge in [0.05, 0.1) is 0 Å². The number of oxime groups is 1. The van der Waals surface area contributed by atoms with E-state index in [0.717, 1.165) is 0 Å². The van der Waals surface area contributed by atoms with Gasteiger partial charge in [0.1, 0.15) is 12.7 Å². The lowest BCUT2D eigenvalue weighted by Crippen LogP contribution is -2.49. The second-order valence-corrected chi connectivity index (χ2v) is 4.04. The van der Waals surface area contributed by atoms with E-state index in [2.05, 4.69) is 25.4 Å². The predicted molar refractivity (Wildman–Crippen MR) is 59.5 cm³/mol. The number of aliphatic hydroxyl groups is 1. The smallest absolute Gasteiger partial charge is 0.287 e. The SMILES string of the molecule is N/C(=N\O)c1nonc1OC1CC(NC(=O)CO)C1. The van der Waals surface area contributed by atoms with Crippen molar-refractivity contribution in [2.24, 2.45) is 10.9 Å². The maximum absolute atomic E-state index is 10.9. The number of aliphatic hydroxyl groups excluding tert-OH is 1. The summed E-state index contributed by atoms with van der Waals surface area (Å²) < 4.78 is 9.88. The Morgan fingerprint density at radius 2 is 2.32 bits per heavy atom. The largest absolute Gasteiger partial charge is 0.470 e. The van der Waals surface area contributed by atoms with E-state index >= 15 is 0 Å². The molecular weight excluding hydrogens is 258 g/mol. The summed E-state index contributed by atoms with van der Waals surface area (Å²) in [5.41, 5.74) is 5.38. The van der Waals surface area contributed by atoms with Gasteiger partial charge in [0.25, 0.3) is 5.88 Å². The fraction of sp³-hybridized carbons (Fsp3) is 0.556. The van der Waals surface area contributed by atoms with Crippen LogP contribution in [-0.2, 0) is 4.79 Å². The highest BCUT2D eigenvalue weighted by molar-refractivity contribution is 5.96. The highest BCUT2D eigenvalue weighted by atomic mass is 16.6. The summed E-state index contributed by atoms with van der Waals surface area (Å²) >= 11 is 0. The van der Waals surface area contributed by atoms with Gasteiger partial charge in [-0.1, -0.05) is 5.16 Å². The van der Waals surface area contributed by atoms with Crippen LogP contribution in [0.4, 0.5) is 0 Å². The van der Waals surface area contributed by atoms with Gasteiger partial charge < -0.3 is 26.1 Å². The number of carbonyl (C=O) groups excluding carboxylic acids is 1. The monoisotopic (exact) mass is 271 g/mol. The van der Waals surface area contributed by atoms with Crippen molar-refractivity contribution in [3.8, 4) is 5.88 Å². The van der Waals surface area contributed by atoms with Crippen LogP contribution >= 0.6 is 0 Å². The first-order valence-corrected chi connectivity index (χ1v) is 5.51. The Kier molecular flexibility index (Phi) is 3.80. The molecule has 0 saturated heterocycles. The van der Waals surface area contributed by atoms with Gasteiger partial charge >= 0.3 is 0 Å². The van der Waals surface area contributed by atoms with Crippen LogP contribution in [-0.4, -0.2) is 51.1 Å². The van der Waals surface area contributed by atoms with E-state index in [1.165, 1.54) is 0 Å². The minimum absolute atomic E-state index is 0.0188. The fourth-order valence-electron chi connectivity index (χ4n) is 1.67. The minimum Gasteiger partial charge on any atom is -0.470 e. The molecule has 1 heterocycles. The number of hydrogen-bond acceptors (Lipinski definition) is 8. The second kappa shape index (κ2) is 5.52. The van der Waals surface area contributed by atoms with E-state index in [-0.39, 0.29) is 29.6 Å². The number of hydrogen-bond donors (Lipinski definition) is 4. The fourth-order valence-corrected chi connectivity index (χ4v) is 1.67. The number of ether oxygens (including phenoxy) is 1. The molecule has 19 heavy (non-hydrogen) atoms. The van der Waals surface area contributed by atoms with Crippen molar-refractivity contribution >= 4 is 11.7 Å². The molecule has 1 aromatic heterocycles. The third kappa shape index (κ3) is 2.91. The summed E-state index contributed by atoms with van der Waals surface area (Å²) in [6.45, 7) is -0.539. The Balaban J connectivity index is 1.85. The van der Waals surface area contributed by atoms with Crippen LogP contribution in [0.3, 0.4) is 0 Å². The highest BCUT2D eigenvalue weighted by Crippen LogP contribution is 2.26. The van der Waals surface area contributed by atoms with Gasteiger partial charge in [0.2, 0.25) is 11.6 Å². The van der Waals surface area contributed by atoms with Crippen LogP contribution in [0.25, 0.3) is 0 Å². The number of nitrogens with one attached hydrogen (secondary N) is 1. The first-order chi connectivity index (χ1) is 9.13. The number of rotatable bonds is 5. The zero-order chi connectivity index (χ0) is 13.8. The quantitative estimate of drug-likeness (QED) is 0.211. The van der Waals surface area contributed by atoms with Gasteiger partial charge in [0.15, 0.2) is 5.84 Å². The van der Waals surface area contributed by atoms with E-state index < -0.39 is 12.5 Å². The molecule has 0 unspecified atom stereocenters. The van der Waals surface area contributed by atoms with Crippen molar-refractivity contribution in [1.29, 1.82) is 0 Å². The standard InChI is InChI=1S/C9H13N5O5/c10-8(12-17)7-9(14-19-13-7)18-5-1-4(2-5)11-6(16)3-15/h4-5,15,17H,1-3H2,(H2,10,12)(H,11,16). The van der Waals surface area contributed by atoms with Crippen molar-refractivity contribution in [3.63, 3.8) is 0 Å².